The summed E-state index contributed by atoms with van der Waals surface area (Å²) in [5.74, 6) is 0. The van der Waals surface area contributed by atoms with Crippen molar-refractivity contribution in [2.24, 2.45) is 0 Å². The monoisotopic (exact) mass is 236 g/mol. The maximum atomic E-state index is 8.62. The topological polar surface area (TPSA) is 36.7 Å². The summed E-state index contributed by atoms with van der Waals surface area (Å²) < 4.78 is 1.18. The Morgan fingerprint density at radius 3 is 3.13 bits per heavy atom. The molecule has 4 heteroatoms. The molecular formula is C11H9ClN2S. The average Bonchev–Trinajstić information content (AvgIpc) is 2.57. The molecule has 0 amide bonds. The van der Waals surface area contributed by atoms with E-state index in [9.17, 15) is 0 Å². The van der Waals surface area contributed by atoms with Crippen molar-refractivity contribution in [2.45, 2.75) is 18.7 Å². The maximum Gasteiger partial charge on any atom is 0.124 e. The molecule has 76 valence electrons. The first kappa shape index (κ1) is 10.4. The Morgan fingerprint density at radius 2 is 2.40 bits per heavy atom. The van der Waals surface area contributed by atoms with E-state index in [-0.39, 0.29) is 0 Å². The molecule has 0 spiro atoms. The molecule has 0 aliphatic rings. The number of thiazole rings is 1. The molecule has 0 bridgehead atoms. The molecule has 1 heterocycles. The number of fused-ring (bicyclic) bond motifs is 1. The Bertz CT molecular complexity index is 527. The first-order chi connectivity index (χ1) is 7.19. The summed E-state index contributed by atoms with van der Waals surface area (Å²) in [6.07, 6.45) is 0.574. The van der Waals surface area contributed by atoms with Gasteiger partial charge in [0.05, 0.1) is 21.3 Å². The molecule has 2 aromatic rings. The normalized spacial score (nSPS) is 12.6. The number of rotatable bonds is 2. The number of aryl methyl sites for hydroxylation is 1. The van der Waals surface area contributed by atoms with Crippen molar-refractivity contribution < 1.29 is 0 Å². The van der Waals surface area contributed by atoms with Crippen LogP contribution in [0.4, 0.5) is 0 Å². The second-order valence-corrected chi connectivity index (χ2v) is 5.10. The van der Waals surface area contributed by atoms with E-state index >= 15 is 0 Å². The van der Waals surface area contributed by atoms with E-state index in [4.69, 9.17) is 16.9 Å². The summed E-state index contributed by atoms with van der Waals surface area (Å²) in [6, 6.07) is 8.06. The molecule has 0 aliphatic heterocycles. The van der Waals surface area contributed by atoms with Gasteiger partial charge in [-0.1, -0.05) is 6.07 Å². The molecule has 0 aliphatic carbocycles. The van der Waals surface area contributed by atoms with Crippen LogP contribution >= 0.6 is 22.9 Å². The lowest BCUT2D eigenvalue weighted by Crippen LogP contribution is -1.98. The van der Waals surface area contributed by atoms with Crippen LogP contribution in [-0.2, 0) is 6.42 Å². The van der Waals surface area contributed by atoms with Gasteiger partial charge < -0.3 is 0 Å². The number of aromatic nitrogens is 1. The summed E-state index contributed by atoms with van der Waals surface area (Å²) >= 11 is 7.45. The van der Waals surface area contributed by atoms with Crippen LogP contribution in [0.1, 0.15) is 10.6 Å². The zero-order chi connectivity index (χ0) is 10.8. The van der Waals surface area contributed by atoms with Gasteiger partial charge in [0.1, 0.15) is 5.38 Å². The zero-order valence-electron chi connectivity index (χ0n) is 8.20. The lowest BCUT2D eigenvalue weighted by Gasteiger charge is -2.00. The number of halogens is 1. The van der Waals surface area contributed by atoms with E-state index in [1.807, 2.05) is 31.2 Å². The second kappa shape index (κ2) is 4.18. The third-order valence-corrected chi connectivity index (χ3v) is 3.32. The highest BCUT2D eigenvalue weighted by molar-refractivity contribution is 7.18. The second-order valence-electron chi connectivity index (χ2n) is 3.34. The number of benzene rings is 1. The number of hydrogen-bond donors (Lipinski definition) is 0. The summed E-state index contributed by atoms with van der Waals surface area (Å²) in [6.45, 7) is 1.99. The van der Waals surface area contributed by atoms with Crippen molar-refractivity contribution in [2.75, 3.05) is 0 Å². The quantitative estimate of drug-likeness (QED) is 0.751. The van der Waals surface area contributed by atoms with Crippen molar-refractivity contribution in [1.29, 1.82) is 5.26 Å². The minimum Gasteiger partial charge on any atom is -0.242 e. The smallest absolute Gasteiger partial charge is 0.124 e. The number of nitrogens with zero attached hydrogens (tertiary/aromatic N) is 2. The molecule has 2 nitrogen and oxygen atoms in total. The Hall–Kier alpha value is -1.11. The molecule has 0 saturated carbocycles. The van der Waals surface area contributed by atoms with Crippen LogP contribution in [0, 0.1) is 18.3 Å². The fourth-order valence-electron chi connectivity index (χ4n) is 1.47. The molecule has 1 atom stereocenters. The van der Waals surface area contributed by atoms with Crippen LogP contribution in [0.5, 0.6) is 0 Å². The lowest BCUT2D eigenvalue weighted by atomic mass is 10.1. The fourth-order valence-corrected chi connectivity index (χ4v) is 2.45. The van der Waals surface area contributed by atoms with Gasteiger partial charge in [-0.3, -0.25) is 0 Å². The number of hydrogen-bond acceptors (Lipinski definition) is 3. The predicted molar refractivity (Wildman–Crippen MR) is 63.3 cm³/mol. The summed E-state index contributed by atoms with van der Waals surface area (Å²) in [4.78, 5) is 4.40. The van der Waals surface area contributed by atoms with E-state index in [2.05, 4.69) is 4.98 Å². The molecule has 1 aromatic heterocycles. The van der Waals surface area contributed by atoms with E-state index in [0.29, 0.717) is 6.42 Å². The molecule has 0 radical (unpaired) electrons. The minimum atomic E-state index is -0.456. The van der Waals surface area contributed by atoms with Crippen LogP contribution < -0.4 is 0 Å². The first-order valence-electron chi connectivity index (χ1n) is 4.59. The Labute approximate surface area is 97.1 Å². The van der Waals surface area contributed by atoms with Crippen molar-refractivity contribution in [3.63, 3.8) is 0 Å². The Balaban J connectivity index is 2.35. The van der Waals surface area contributed by atoms with Gasteiger partial charge in [0.15, 0.2) is 0 Å². The van der Waals surface area contributed by atoms with Gasteiger partial charge in [0, 0.05) is 6.42 Å². The highest BCUT2D eigenvalue weighted by atomic mass is 35.5. The molecule has 0 fully saturated rings. The standard InChI is InChI=1S/C11H9ClN2S/c1-7-14-10-5-8(4-9(12)6-13)2-3-11(10)15-7/h2-3,5,9H,4H2,1H3. The number of nitriles is 1. The van der Waals surface area contributed by atoms with Crippen LogP contribution in [0.25, 0.3) is 10.2 Å². The highest BCUT2D eigenvalue weighted by Gasteiger charge is 2.06. The third kappa shape index (κ3) is 2.28. The van der Waals surface area contributed by atoms with Gasteiger partial charge in [-0.25, -0.2) is 4.98 Å². The zero-order valence-corrected chi connectivity index (χ0v) is 9.77. The fraction of sp³-hybridized carbons (Fsp3) is 0.273. The maximum absolute atomic E-state index is 8.62. The summed E-state index contributed by atoms with van der Waals surface area (Å²) in [7, 11) is 0. The largest absolute Gasteiger partial charge is 0.242 e. The molecule has 1 aromatic carbocycles. The summed E-state index contributed by atoms with van der Waals surface area (Å²) in [5.41, 5.74) is 2.06. The predicted octanol–water partition coefficient (Wildman–Crippen LogP) is 3.28. The van der Waals surface area contributed by atoms with Gasteiger partial charge in [-0.15, -0.1) is 22.9 Å². The van der Waals surface area contributed by atoms with E-state index in [1.54, 1.807) is 11.3 Å². The van der Waals surface area contributed by atoms with Crippen molar-refractivity contribution in [1.82, 2.24) is 4.98 Å². The molecule has 15 heavy (non-hydrogen) atoms. The van der Waals surface area contributed by atoms with E-state index < -0.39 is 5.38 Å². The van der Waals surface area contributed by atoms with Gasteiger partial charge in [-0.2, -0.15) is 5.26 Å². The van der Waals surface area contributed by atoms with Crippen LogP contribution in [-0.4, -0.2) is 10.4 Å². The van der Waals surface area contributed by atoms with Gasteiger partial charge >= 0.3 is 0 Å². The molecule has 0 N–H and O–H groups in total. The molecule has 2 rings (SSSR count). The Morgan fingerprint density at radius 1 is 1.60 bits per heavy atom. The van der Waals surface area contributed by atoms with Crippen LogP contribution in [0.15, 0.2) is 18.2 Å². The van der Waals surface area contributed by atoms with Crippen LogP contribution in [0.3, 0.4) is 0 Å². The molecular weight excluding hydrogens is 228 g/mol. The first-order valence-corrected chi connectivity index (χ1v) is 5.84. The molecule has 0 saturated heterocycles. The van der Waals surface area contributed by atoms with E-state index in [0.717, 1.165) is 16.1 Å². The van der Waals surface area contributed by atoms with Crippen molar-refractivity contribution in [3.8, 4) is 6.07 Å². The van der Waals surface area contributed by atoms with E-state index in [1.165, 1.54) is 4.70 Å². The Kier molecular flexibility index (Phi) is 2.90. The molecule has 1 unspecified atom stereocenters. The van der Waals surface area contributed by atoms with Crippen LogP contribution in [0.2, 0.25) is 0 Å². The van der Waals surface area contributed by atoms with Crippen molar-refractivity contribution in [3.05, 3.63) is 28.8 Å². The highest BCUT2D eigenvalue weighted by Crippen LogP contribution is 2.23. The minimum absolute atomic E-state index is 0.456. The lowest BCUT2D eigenvalue weighted by molar-refractivity contribution is 1.02. The van der Waals surface area contributed by atoms with Gasteiger partial charge in [-0.05, 0) is 24.6 Å². The average molecular weight is 237 g/mol. The van der Waals surface area contributed by atoms with Crippen molar-refractivity contribution >= 4 is 33.2 Å². The third-order valence-electron chi connectivity index (χ3n) is 2.11. The van der Waals surface area contributed by atoms with Gasteiger partial charge in [0.25, 0.3) is 0 Å². The SMILES string of the molecule is Cc1nc2cc(CC(Cl)C#N)ccc2s1. The summed E-state index contributed by atoms with van der Waals surface area (Å²) in [5, 5.41) is 9.22. The van der Waals surface area contributed by atoms with Gasteiger partial charge in [0.2, 0.25) is 0 Å². The number of alkyl halides is 1.